The molecule has 2 aromatic rings. The molecular formula is C22H29N5O4. The Morgan fingerprint density at radius 1 is 1.29 bits per heavy atom. The van der Waals surface area contributed by atoms with Gasteiger partial charge in [-0.3, -0.25) is 5.43 Å². The van der Waals surface area contributed by atoms with Gasteiger partial charge in [0.25, 0.3) is 0 Å². The molecule has 2 N–H and O–H groups in total. The van der Waals surface area contributed by atoms with Gasteiger partial charge in [-0.1, -0.05) is 29.8 Å². The minimum atomic E-state index is -0.464. The van der Waals surface area contributed by atoms with Crippen molar-refractivity contribution in [1.82, 2.24) is 10.3 Å². The zero-order chi connectivity index (χ0) is 21.9. The highest BCUT2D eigenvalue weighted by Crippen LogP contribution is 2.24. The monoisotopic (exact) mass is 427 g/mol. The summed E-state index contributed by atoms with van der Waals surface area (Å²) in [5.41, 5.74) is 6.13. The Labute approximate surface area is 182 Å². The zero-order valence-electron chi connectivity index (χ0n) is 18.0. The van der Waals surface area contributed by atoms with Crippen molar-refractivity contribution >= 4 is 23.8 Å². The number of carbonyl (C=O) groups excluding carboxylic acids is 1. The number of nitrogens with zero attached hydrogens (tertiary/aromatic N) is 3. The number of hydrogen-bond acceptors (Lipinski definition) is 8. The zero-order valence-corrected chi connectivity index (χ0v) is 18.0. The molecule has 1 aliphatic rings. The molecule has 3 rings (SSSR count). The molecule has 0 aliphatic carbocycles. The summed E-state index contributed by atoms with van der Waals surface area (Å²) < 4.78 is 16.0. The molecule has 1 fully saturated rings. The van der Waals surface area contributed by atoms with E-state index in [-0.39, 0.29) is 6.61 Å². The van der Waals surface area contributed by atoms with Gasteiger partial charge in [-0.05, 0) is 19.4 Å². The van der Waals surface area contributed by atoms with Gasteiger partial charge in [-0.25, -0.2) is 4.79 Å². The van der Waals surface area contributed by atoms with Crippen molar-refractivity contribution in [3.05, 3.63) is 47.5 Å². The number of ether oxygens (including phenoxy) is 3. The second-order valence-corrected chi connectivity index (χ2v) is 6.93. The summed E-state index contributed by atoms with van der Waals surface area (Å²) >= 11 is 0. The molecule has 0 radical (unpaired) electrons. The van der Waals surface area contributed by atoms with Crippen LogP contribution < -0.4 is 20.4 Å². The van der Waals surface area contributed by atoms with Crippen molar-refractivity contribution in [2.45, 2.75) is 13.8 Å². The summed E-state index contributed by atoms with van der Waals surface area (Å²) in [7, 11) is 0. The van der Waals surface area contributed by atoms with E-state index in [9.17, 15) is 4.79 Å². The molecule has 9 nitrogen and oxygen atoms in total. The molecule has 1 saturated heterocycles. The molecule has 0 atom stereocenters. The Morgan fingerprint density at radius 3 is 2.90 bits per heavy atom. The van der Waals surface area contributed by atoms with E-state index >= 15 is 0 Å². The van der Waals surface area contributed by atoms with Gasteiger partial charge in [0, 0.05) is 30.9 Å². The van der Waals surface area contributed by atoms with Crippen LogP contribution in [0.1, 0.15) is 18.1 Å². The maximum absolute atomic E-state index is 11.4. The Kier molecular flexibility index (Phi) is 8.48. The third kappa shape index (κ3) is 7.45. The average molecular weight is 428 g/mol. The lowest BCUT2D eigenvalue weighted by Gasteiger charge is -2.29. The highest BCUT2D eigenvalue weighted by atomic mass is 16.5. The first kappa shape index (κ1) is 22.4. The van der Waals surface area contributed by atoms with Crippen molar-refractivity contribution in [3.63, 3.8) is 0 Å². The predicted molar refractivity (Wildman–Crippen MR) is 120 cm³/mol. The molecule has 0 spiro atoms. The lowest BCUT2D eigenvalue weighted by atomic mass is 10.2. The molecule has 2 heterocycles. The Balaban J connectivity index is 1.66. The molecule has 1 aromatic heterocycles. The van der Waals surface area contributed by atoms with Gasteiger partial charge in [0.05, 0.1) is 32.6 Å². The number of rotatable bonds is 9. The third-order valence-electron chi connectivity index (χ3n) is 4.49. The van der Waals surface area contributed by atoms with Crippen LogP contribution in [0.3, 0.4) is 0 Å². The Morgan fingerprint density at radius 2 is 2.13 bits per heavy atom. The molecule has 1 aliphatic heterocycles. The summed E-state index contributed by atoms with van der Waals surface area (Å²) in [5.74, 6) is 1.02. The molecule has 166 valence electrons. The second kappa shape index (κ2) is 11.8. The van der Waals surface area contributed by atoms with Crippen molar-refractivity contribution in [2.75, 3.05) is 56.4 Å². The minimum Gasteiger partial charge on any atom is -0.476 e. The van der Waals surface area contributed by atoms with Gasteiger partial charge in [0.15, 0.2) is 5.82 Å². The fourth-order valence-electron chi connectivity index (χ4n) is 3.04. The maximum Gasteiger partial charge on any atom is 0.407 e. The summed E-state index contributed by atoms with van der Waals surface area (Å²) in [4.78, 5) is 18.1. The molecule has 1 aromatic carbocycles. The SMILES string of the molecule is CCOC(=O)NCCOc1cc(N2CCOCC2)cc(NN=Cc2cccc(C)c2)n1. The topological polar surface area (TPSA) is 97.3 Å². The second-order valence-electron chi connectivity index (χ2n) is 6.93. The lowest BCUT2D eigenvalue weighted by Crippen LogP contribution is -2.36. The highest BCUT2D eigenvalue weighted by Gasteiger charge is 2.14. The minimum absolute atomic E-state index is 0.268. The molecule has 9 heteroatoms. The van der Waals surface area contributed by atoms with Crippen LogP contribution >= 0.6 is 0 Å². The van der Waals surface area contributed by atoms with Gasteiger partial charge in [0.2, 0.25) is 5.88 Å². The largest absolute Gasteiger partial charge is 0.476 e. The van der Waals surface area contributed by atoms with Gasteiger partial charge >= 0.3 is 6.09 Å². The van der Waals surface area contributed by atoms with E-state index in [0.717, 1.165) is 24.3 Å². The highest BCUT2D eigenvalue weighted by molar-refractivity contribution is 5.80. The first-order chi connectivity index (χ1) is 15.1. The van der Waals surface area contributed by atoms with Crippen LogP contribution in [0.5, 0.6) is 5.88 Å². The van der Waals surface area contributed by atoms with E-state index in [0.29, 0.717) is 38.1 Å². The molecule has 0 unspecified atom stereocenters. The van der Waals surface area contributed by atoms with Crippen molar-refractivity contribution in [1.29, 1.82) is 0 Å². The molecule has 1 amide bonds. The third-order valence-corrected chi connectivity index (χ3v) is 4.49. The number of morpholine rings is 1. The number of benzene rings is 1. The normalized spacial score (nSPS) is 13.8. The first-order valence-electron chi connectivity index (χ1n) is 10.4. The van der Waals surface area contributed by atoms with Crippen LogP contribution in [0, 0.1) is 6.92 Å². The van der Waals surface area contributed by atoms with Crippen LogP contribution in [-0.2, 0) is 9.47 Å². The number of nitrogens with one attached hydrogen (secondary N) is 2. The van der Waals surface area contributed by atoms with E-state index in [1.54, 1.807) is 13.1 Å². The van der Waals surface area contributed by atoms with Crippen LogP contribution in [0.4, 0.5) is 16.3 Å². The number of alkyl carbamates (subject to hydrolysis) is 1. The average Bonchev–Trinajstić information content (AvgIpc) is 2.77. The number of hydrazone groups is 1. The number of aromatic nitrogens is 1. The van der Waals surface area contributed by atoms with E-state index < -0.39 is 6.09 Å². The number of hydrogen-bond donors (Lipinski definition) is 2. The standard InChI is InChI=1S/C22H29N5O4/c1-3-30-22(28)23-7-10-31-21-15-19(27-8-11-29-12-9-27)14-20(25-21)26-24-16-18-6-4-5-17(2)13-18/h4-6,13-16H,3,7-12H2,1-2H3,(H,23,28)(H,25,26). The molecular weight excluding hydrogens is 398 g/mol. The molecule has 0 saturated carbocycles. The molecule has 0 bridgehead atoms. The van der Waals surface area contributed by atoms with Crippen molar-refractivity contribution in [2.24, 2.45) is 5.10 Å². The van der Waals surface area contributed by atoms with Gasteiger partial charge < -0.3 is 24.4 Å². The number of aryl methyl sites for hydroxylation is 1. The lowest BCUT2D eigenvalue weighted by molar-refractivity contribution is 0.122. The van der Waals surface area contributed by atoms with E-state index in [4.69, 9.17) is 14.2 Å². The van der Waals surface area contributed by atoms with Gasteiger partial charge in [0.1, 0.15) is 6.61 Å². The number of anilines is 2. The van der Waals surface area contributed by atoms with Crippen LogP contribution in [0.2, 0.25) is 0 Å². The first-order valence-corrected chi connectivity index (χ1v) is 10.4. The quantitative estimate of drug-likeness (QED) is 0.361. The predicted octanol–water partition coefficient (Wildman–Crippen LogP) is 2.80. The van der Waals surface area contributed by atoms with Gasteiger partial charge in [-0.15, -0.1) is 0 Å². The smallest absolute Gasteiger partial charge is 0.407 e. The van der Waals surface area contributed by atoms with Crippen LogP contribution in [0.25, 0.3) is 0 Å². The summed E-state index contributed by atoms with van der Waals surface area (Å²) in [6.07, 6.45) is 1.29. The number of amides is 1. The van der Waals surface area contributed by atoms with Crippen LogP contribution in [-0.4, -0.2) is 63.4 Å². The Hall–Kier alpha value is -3.33. The fourth-order valence-corrected chi connectivity index (χ4v) is 3.04. The van der Waals surface area contributed by atoms with E-state index in [1.807, 2.05) is 43.3 Å². The van der Waals surface area contributed by atoms with Crippen molar-refractivity contribution in [3.8, 4) is 5.88 Å². The fraction of sp³-hybridized carbons (Fsp3) is 0.409. The molecule has 31 heavy (non-hydrogen) atoms. The van der Waals surface area contributed by atoms with Crippen molar-refractivity contribution < 1.29 is 19.0 Å². The summed E-state index contributed by atoms with van der Waals surface area (Å²) in [6.45, 7) is 7.65. The summed E-state index contributed by atoms with van der Waals surface area (Å²) in [6, 6.07) is 11.9. The van der Waals surface area contributed by atoms with E-state index in [1.165, 1.54) is 5.56 Å². The van der Waals surface area contributed by atoms with E-state index in [2.05, 4.69) is 25.7 Å². The Bertz CT molecular complexity index is 884. The number of carbonyl (C=O) groups is 1. The summed E-state index contributed by atoms with van der Waals surface area (Å²) in [5, 5.41) is 6.93. The van der Waals surface area contributed by atoms with Gasteiger partial charge in [-0.2, -0.15) is 10.1 Å². The number of pyridine rings is 1. The maximum atomic E-state index is 11.4. The van der Waals surface area contributed by atoms with Crippen LogP contribution in [0.15, 0.2) is 41.5 Å².